The van der Waals surface area contributed by atoms with Crippen molar-refractivity contribution < 1.29 is 13.6 Å². The predicted octanol–water partition coefficient (Wildman–Crippen LogP) is 2.71. The second kappa shape index (κ2) is 6.04. The zero-order valence-electron chi connectivity index (χ0n) is 10.9. The Labute approximate surface area is 134 Å². The fourth-order valence-electron chi connectivity index (χ4n) is 1.81. The number of nitrogens with zero attached hydrogens (tertiary/aromatic N) is 1. The summed E-state index contributed by atoms with van der Waals surface area (Å²) in [5.41, 5.74) is 6.91. The quantitative estimate of drug-likeness (QED) is 0.323. The summed E-state index contributed by atoms with van der Waals surface area (Å²) in [6.45, 7) is 1.74. The van der Waals surface area contributed by atoms with Crippen LogP contribution in [0.1, 0.15) is 11.1 Å². The molecule has 6 nitrogen and oxygen atoms in total. The van der Waals surface area contributed by atoms with Crippen molar-refractivity contribution in [2.45, 2.75) is 11.1 Å². The zero-order chi connectivity index (χ0) is 15.6. The van der Waals surface area contributed by atoms with Gasteiger partial charge in [0.25, 0.3) is 10.0 Å². The average molecular weight is 390 g/mol. The van der Waals surface area contributed by atoms with Crippen LogP contribution in [0.25, 0.3) is 0 Å². The van der Waals surface area contributed by atoms with Gasteiger partial charge in [-0.1, -0.05) is 17.3 Å². The molecular weight excluding hydrogens is 378 g/mol. The third kappa shape index (κ3) is 3.20. The van der Waals surface area contributed by atoms with Crippen LogP contribution in [-0.4, -0.2) is 19.5 Å². The molecule has 0 aliphatic carbocycles. The fraction of sp³-hybridized carbons (Fsp3) is 0.0833. The first-order chi connectivity index (χ1) is 9.86. The lowest BCUT2D eigenvalue weighted by molar-refractivity contribution is 0.318. The molecule has 0 atom stereocenters. The molecule has 1 heterocycles. The number of nitrogens with one attached hydrogen (secondary N) is 1. The molecule has 0 fully saturated rings. The Bertz CT molecular complexity index is 800. The fourth-order valence-corrected chi connectivity index (χ4v) is 5.22. The summed E-state index contributed by atoms with van der Waals surface area (Å²) in [6, 6.07) is 6.64. The number of anilines is 1. The summed E-state index contributed by atoms with van der Waals surface area (Å²) in [5, 5.41) is 13.5. The number of benzene rings is 1. The van der Waals surface area contributed by atoms with E-state index in [9.17, 15) is 8.42 Å². The minimum absolute atomic E-state index is 0.156. The molecule has 9 heteroatoms. The van der Waals surface area contributed by atoms with Crippen molar-refractivity contribution in [1.29, 1.82) is 0 Å². The van der Waals surface area contributed by atoms with E-state index in [1.54, 1.807) is 36.6 Å². The molecule has 2 rings (SSSR count). The summed E-state index contributed by atoms with van der Waals surface area (Å²) in [4.78, 5) is 0. The molecule has 0 bridgehead atoms. The van der Waals surface area contributed by atoms with Crippen molar-refractivity contribution >= 4 is 48.8 Å². The van der Waals surface area contributed by atoms with Crippen molar-refractivity contribution in [3.8, 4) is 0 Å². The van der Waals surface area contributed by atoms with E-state index in [4.69, 9.17) is 10.9 Å². The minimum atomic E-state index is -3.75. The van der Waals surface area contributed by atoms with Gasteiger partial charge in [-0.25, -0.2) is 8.42 Å². The number of aryl methyl sites for hydroxylation is 1. The zero-order valence-corrected chi connectivity index (χ0v) is 14.1. The summed E-state index contributed by atoms with van der Waals surface area (Å²) in [5.74, 6) is -0.156. The normalized spacial score (nSPS) is 12.4. The number of amidine groups is 1. The predicted molar refractivity (Wildman–Crippen MR) is 86.5 cm³/mol. The van der Waals surface area contributed by atoms with E-state index in [0.717, 1.165) is 11.3 Å². The van der Waals surface area contributed by atoms with Crippen molar-refractivity contribution in [2.24, 2.45) is 10.9 Å². The van der Waals surface area contributed by atoms with Crippen LogP contribution >= 0.6 is 27.3 Å². The molecule has 0 unspecified atom stereocenters. The van der Waals surface area contributed by atoms with Gasteiger partial charge < -0.3 is 10.9 Å². The maximum Gasteiger partial charge on any atom is 0.272 e. The highest BCUT2D eigenvalue weighted by Crippen LogP contribution is 2.30. The monoisotopic (exact) mass is 389 g/mol. The third-order valence-corrected chi connectivity index (χ3v) is 6.75. The van der Waals surface area contributed by atoms with E-state index in [2.05, 4.69) is 25.8 Å². The van der Waals surface area contributed by atoms with Gasteiger partial charge in [0, 0.05) is 10.0 Å². The first kappa shape index (κ1) is 15.8. The lowest BCUT2D eigenvalue weighted by Crippen LogP contribution is -2.20. The van der Waals surface area contributed by atoms with Gasteiger partial charge in [0.05, 0.1) is 5.69 Å². The number of rotatable bonds is 4. The molecule has 0 radical (unpaired) electrons. The van der Waals surface area contributed by atoms with Crippen LogP contribution in [0.5, 0.6) is 0 Å². The molecular formula is C12H12BrN3O3S2. The molecule has 0 aliphatic rings. The molecule has 0 saturated heterocycles. The van der Waals surface area contributed by atoms with Gasteiger partial charge in [-0.05, 0) is 45.9 Å². The highest BCUT2D eigenvalue weighted by atomic mass is 79.9. The Morgan fingerprint density at radius 2 is 2.14 bits per heavy atom. The summed E-state index contributed by atoms with van der Waals surface area (Å²) in [6.07, 6.45) is 0. The highest BCUT2D eigenvalue weighted by Gasteiger charge is 2.22. The Hall–Kier alpha value is -1.58. The van der Waals surface area contributed by atoms with E-state index in [0.29, 0.717) is 15.6 Å². The Kier molecular flexibility index (Phi) is 4.55. The van der Waals surface area contributed by atoms with Gasteiger partial charge in [0.15, 0.2) is 10.0 Å². The lowest BCUT2D eigenvalue weighted by Gasteiger charge is -2.13. The standard InChI is InChI=1S/C12H12BrN3O3S2/c1-7-3-2-4-9(10(7)11(14)15-17)16-21(18,19)12-8(13)5-6-20-12/h2-6,16-17H,1H3,(H2,14,15). The highest BCUT2D eigenvalue weighted by molar-refractivity contribution is 9.10. The van der Waals surface area contributed by atoms with Crippen LogP contribution in [0.3, 0.4) is 0 Å². The van der Waals surface area contributed by atoms with Gasteiger partial charge in [-0.3, -0.25) is 4.72 Å². The molecule has 1 aromatic heterocycles. The topological polar surface area (TPSA) is 105 Å². The number of hydrogen-bond acceptors (Lipinski definition) is 5. The van der Waals surface area contributed by atoms with Crippen molar-refractivity contribution in [3.63, 3.8) is 0 Å². The van der Waals surface area contributed by atoms with E-state index in [1.165, 1.54) is 0 Å². The van der Waals surface area contributed by atoms with Crippen molar-refractivity contribution in [1.82, 2.24) is 0 Å². The molecule has 1 aromatic carbocycles. The van der Waals surface area contributed by atoms with E-state index in [-0.39, 0.29) is 15.7 Å². The Morgan fingerprint density at radius 3 is 2.71 bits per heavy atom. The Morgan fingerprint density at radius 1 is 1.43 bits per heavy atom. The number of nitrogens with two attached hydrogens (primary N) is 1. The third-order valence-electron chi connectivity index (χ3n) is 2.71. The first-order valence-electron chi connectivity index (χ1n) is 5.70. The number of hydrogen-bond donors (Lipinski definition) is 3. The van der Waals surface area contributed by atoms with Crippen molar-refractivity contribution in [3.05, 3.63) is 45.2 Å². The number of sulfonamides is 1. The smallest absolute Gasteiger partial charge is 0.272 e. The SMILES string of the molecule is Cc1cccc(NS(=O)(=O)c2sccc2Br)c1/C(N)=N/O. The van der Waals surface area contributed by atoms with Crippen LogP contribution in [0.15, 0.2) is 43.5 Å². The second-order valence-corrected chi connectivity index (χ2v) is 7.79. The maximum absolute atomic E-state index is 12.4. The lowest BCUT2D eigenvalue weighted by atomic mass is 10.1. The molecule has 0 aliphatic heterocycles. The van der Waals surface area contributed by atoms with Gasteiger partial charge in [0.1, 0.15) is 0 Å². The summed E-state index contributed by atoms with van der Waals surface area (Å²) >= 11 is 4.29. The van der Waals surface area contributed by atoms with Crippen LogP contribution in [-0.2, 0) is 10.0 Å². The van der Waals surface area contributed by atoms with Crippen LogP contribution in [0.2, 0.25) is 0 Å². The van der Waals surface area contributed by atoms with Crippen LogP contribution < -0.4 is 10.5 Å². The largest absolute Gasteiger partial charge is 0.409 e. The summed E-state index contributed by atoms with van der Waals surface area (Å²) < 4.78 is 27.9. The van der Waals surface area contributed by atoms with Gasteiger partial charge in [0.2, 0.25) is 0 Å². The molecule has 0 saturated carbocycles. The molecule has 0 spiro atoms. The van der Waals surface area contributed by atoms with Gasteiger partial charge >= 0.3 is 0 Å². The number of oxime groups is 1. The number of thiophene rings is 1. The molecule has 21 heavy (non-hydrogen) atoms. The number of halogens is 1. The summed E-state index contributed by atoms with van der Waals surface area (Å²) in [7, 11) is -3.75. The average Bonchev–Trinajstić information content (AvgIpc) is 2.85. The maximum atomic E-state index is 12.4. The minimum Gasteiger partial charge on any atom is -0.409 e. The van der Waals surface area contributed by atoms with E-state index >= 15 is 0 Å². The molecule has 0 amide bonds. The van der Waals surface area contributed by atoms with E-state index < -0.39 is 10.0 Å². The van der Waals surface area contributed by atoms with Crippen LogP contribution in [0, 0.1) is 6.92 Å². The van der Waals surface area contributed by atoms with Gasteiger partial charge in [-0.2, -0.15) is 0 Å². The van der Waals surface area contributed by atoms with Crippen LogP contribution in [0.4, 0.5) is 5.69 Å². The van der Waals surface area contributed by atoms with Gasteiger partial charge in [-0.15, -0.1) is 11.3 Å². The van der Waals surface area contributed by atoms with Crippen molar-refractivity contribution in [2.75, 3.05) is 4.72 Å². The Balaban J connectivity index is 2.50. The molecule has 112 valence electrons. The second-order valence-electron chi connectivity index (χ2n) is 4.14. The first-order valence-corrected chi connectivity index (χ1v) is 8.85. The molecule has 4 N–H and O–H groups in total. The molecule has 2 aromatic rings. The van der Waals surface area contributed by atoms with E-state index in [1.807, 2.05) is 0 Å².